The van der Waals surface area contributed by atoms with E-state index < -0.39 is 0 Å². The van der Waals surface area contributed by atoms with Crippen molar-refractivity contribution in [2.75, 3.05) is 5.32 Å². The van der Waals surface area contributed by atoms with Gasteiger partial charge in [0.25, 0.3) is 5.91 Å². The molecule has 0 saturated heterocycles. The number of hydrogen-bond acceptors (Lipinski definition) is 2. The zero-order valence-corrected chi connectivity index (χ0v) is 12.3. The van der Waals surface area contributed by atoms with Crippen molar-refractivity contribution in [3.05, 3.63) is 50.3 Å². The number of anilines is 1. The fourth-order valence-electron chi connectivity index (χ4n) is 1.21. The Kier molecular flexibility index (Phi) is 3.91. The SMILES string of the molecule is O=C(Nc1cc(Br)ccc1Cl)c1ccc(Br)o1. The number of benzene rings is 1. The van der Waals surface area contributed by atoms with Gasteiger partial charge in [-0.15, -0.1) is 0 Å². The highest BCUT2D eigenvalue weighted by molar-refractivity contribution is 9.10. The second-order valence-electron chi connectivity index (χ2n) is 3.18. The smallest absolute Gasteiger partial charge is 0.291 e. The van der Waals surface area contributed by atoms with Gasteiger partial charge in [-0.05, 0) is 46.3 Å². The number of rotatable bonds is 2. The van der Waals surface area contributed by atoms with E-state index in [1.807, 2.05) is 0 Å². The lowest BCUT2D eigenvalue weighted by atomic mass is 10.3. The van der Waals surface area contributed by atoms with Gasteiger partial charge in [0, 0.05) is 4.47 Å². The zero-order valence-electron chi connectivity index (χ0n) is 8.34. The van der Waals surface area contributed by atoms with Gasteiger partial charge in [0.15, 0.2) is 10.4 Å². The monoisotopic (exact) mass is 377 g/mol. The molecule has 6 heteroatoms. The van der Waals surface area contributed by atoms with Gasteiger partial charge < -0.3 is 9.73 Å². The largest absolute Gasteiger partial charge is 0.444 e. The Morgan fingerprint density at radius 1 is 1.24 bits per heavy atom. The van der Waals surface area contributed by atoms with Crippen LogP contribution in [0.2, 0.25) is 5.02 Å². The van der Waals surface area contributed by atoms with Crippen LogP contribution in [0.25, 0.3) is 0 Å². The molecule has 3 nitrogen and oxygen atoms in total. The minimum absolute atomic E-state index is 0.216. The molecule has 17 heavy (non-hydrogen) atoms. The van der Waals surface area contributed by atoms with E-state index in [0.717, 1.165) is 4.47 Å². The first kappa shape index (κ1) is 12.7. The zero-order chi connectivity index (χ0) is 12.4. The molecule has 0 bridgehead atoms. The van der Waals surface area contributed by atoms with Crippen molar-refractivity contribution >= 4 is 55.1 Å². The maximum Gasteiger partial charge on any atom is 0.291 e. The van der Waals surface area contributed by atoms with E-state index in [4.69, 9.17) is 16.0 Å². The molecule has 0 aliphatic heterocycles. The summed E-state index contributed by atoms with van der Waals surface area (Å²) in [7, 11) is 0. The molecule has 88 valence electrons. The van der Waals surface area contributed by atoms with E-state index in [1.54, 1.807) is 30.3 Å². The van der Waals surface area contributed by atoms with Gasteiger partial charge in [0.2, 0.25) is 0 Å². The first-order valence-electron chi connectivity index (χ1n) is 4.58. The molecule has 0 aliphatic carbocycles. The van der Waals surface area contributed by atoms with Crippen LogP contribution < -0.4 is 5.32 Å². The number of hydrogen-bond donors (Lipinski definition) is 1. The summed E-state index contributed by atoms with van der Waals surface area (Å²) >= 11 is 12.4. The number of carbonyl (C=O) groups is 1. The molecule has 1 N–H and O–H groups in total. The van der Waals surface area contributed by atoms with Crippen LogP contribution in [0, 0.1) is 0 Å². The lowest BCUT2D eigenvalue weighted by molar-refractivity contribution is 0.0995. The number of amides is 1. The van der Waals surface area contributed by atoms with Gasteiger partial charge >= 0.3 is 0 Å². The Labute approximate surface area is 119 Å². The topological polar surface area (TPSA) is 42.2 Å². The fraction of sp³-hybridized carbons (Fsp3) is 0. The molecule has 0 atom stereocenters. The molecule has 0 spiro atoms. The summed E-state index contributed by atoms with van der Waals surface area (Å²) in [6, 6.07) is 8.43. The molecule has 1 amide bonds. The maximum absolute atomic E-state index is 11.8. The predicted octanol–water partition coefficient (Wildman–Crippen LogP) is 4.71. The molecule has 0 unspecified atom stereocenters. The van der Waals surface area contributed by atoms with Crippen LogP contribution in [0.1, 0.15) is 10.6 Å². The third kappa shape index (κ3) is 3.12. The second-order valence-corrected chi connectivity index (χ2v) is 5.29. The highest BCUT2D eigenvalue weighted by Gasteiger charge is 2.12. The summed E-state index contributed by atoms with van der Waals surface area (Å²) in [5.74, 6) is -0.136. The van der Waals surface area contributed by atoms with Crippen LogP contribution in [0.15, 0.2) is 43.9 Å². The molecular weight excluding hydrogens is 373 g/mol. The van der Waals surface area contributed by atoms with Gasteiger partial charge in [0.1, 0.15) is 0 Å². The highest BCUT2D eigenvalue weighted by atomic mass is 79.9. The summed E-state index contributed by atoms with van der Waals surface area (Å²) in [6.45, 7) is 0. The van der Waals surface area contributed by atoms with E-state index in [2.05, 4.69) is 37.2 Å². The van der Waals surface area contributed by atoms with E-state index in [-0.39, 0.29) is 11.7 Å². The molecule has 0 radical (unpaired) electrons. The molecule has 1 heterocycles. The van der Waals surface area contributed by atoms with Crippen LogP contribution in [-0.2, 0) is 0 Å². The molecule has 2 rings (SSSR count). The second kappa shape index (κ2) is 5.25. The minimum atomic E-state index is -0.351. The first-order valence-corrected chi connectivity index (χ1v) is 6.54. The average Bonchev–Trinajstić information content (AvgIpc) is 2.70. The summed E-state index contributed by atoms with van der Waals surface area (Å²) in [4.78, 5) is 11.8. The third-order valence-electron chi connectivity index (χ3n) is 1.97. The third-order valence-corrected chi connectivity index (χ3v) is 3.22. The highest BCUT2D eigenvalue weighted by Crippen LogP contribution is 2.26. The standard InChI is InChI=1S/C11H6Br2ClNO2/c12-6-1-2-7(14)8(5-6)15-11(16)9-3-4-10(13)17-9/h1-5H,(H,15,16). The van der Waals surface area contributed by atoms with Crippen molar-refractivity contribution in [3.63, 3.8) is 0 Å². The number of nitrogens with one attached hydrogen (secondary N) is 1. The molecular formula is C11H6Br2ClNO2. The first-order chi connectivity index (χ1) is 8.06. The summed E-state index contributed by atoms with van der Waals surface area (Å²) in [6.07, 6.45) is 0. The Bertz CT molecular complexity index is 568. The molecule has 2 aromatic rings. The Morgan fingerprint density at radius 2 is 2.00 bits per heavy atom. The van der Waals surface area contributed by atoms with Gasteiger partial charge in [0.05, 0.1) is 10.7 Å². The van der Waals surface area contributed by atoms with Crippen LogP contribution >= 0.6 is 43.5 Å². The lowest BCUT2D eigenvalue weighted by Gasteiger charge is -2.05. The summed E-state index contributed by atoms with van der Waals surface area (Å²) < 4.78 is 6.47. The molecule has 1 aromatic carbocycles. The molecule has 0 fully saturated rings. The normalized spacial score (nSPS) is 10.3. The van der Waals surface area contributed by atoms with Crippen molar-refractivity contribution in [3.8, 4) is 0 Å². The van der Waals surface area contributed by atoms with E-state index in [1.165, 1.54) is 0 Å². The summed E-state index contributed by atoms with van der Waals surface area (Å²) in [5, 5.41) is 3.13. The average molecular weight is 379 g/mol. The van der Waals surface area contributed by atoms with Crippen molar-refractivity contribution in [1.29, 1.82) is 0 Å². The fourth-order valence-corrected chi connectivity index (χ4v) is 2.05. The van der Waals surface area contributed by atoms with Crippen LogP contribution in [-0.4, -0.2) is 5.91 Å². The van der Waals surface area contributed by atoms with Crippen molar-refractivity contribution < 1.29 is 9.21 Å². The Morgan fingerprint density at radius 3 is 2.65 bits per heavy atom. The quantitative estimate of drug-likeness (QED) is 0.821. The van der Waals surface area contributed by atoms with E-state index >= 15 is 0 Å². The molecule has 1 aromatic heterocycles. The van der Waals surface area contributed by atoms with Crippen LogP contribution in [0.4, 0.5) is 5.69 Å². The predicted molar refractivity (Wildman–Crippen MR) is 73.5 cm³/mol. The van der Waals surface area contributed by atoms with Gasteiger partial charge in [-0.25, -0.2) is 0 Å². The summed E-state index contributed by atoms with van der Waals surface area (Å²) in [5.41, 5.74) is 0.526. The van der Waals surface area contributed by atoms with Crippen LogP contribution in [0.5, 0.6) is 0 Å². The van der Waals surface area contributed by atoms with Gasteiger partial charge in [-0.1, -0.05) is 27.5 Å². The number of furan rings is 1. The Hall–Kier alpha value is -0.780. The number of halogens is 3. The van der Waals surface area contributed by atoms with Crippen molar-refractivity contribution in [2.45, 2.75) is 0 Å². The maximum atomic E-state index is 11.8. The van der Waals surface area contributed by atoms with Gasteiger partial charge in [-0.3, -0.25) is 4.79 Å². The van der Waals surface area contributed by atoms with Gasteiger partial charge in [-0.2, -0.15) is 0 Å². The Balaban J connectivity index is 2.21. The van der Waals surface area contributed by atoms with Crippen molar-refractivity contribution in [1.82, 2.24) is 0 Å². The lowest BCUT2D eigenvalue weighted by Crippen LogP contribution is -2.11. The van der Waals surface area contributed by atoms with E-state index in [0.29, 0.717) is 15.4 Å². The minimum Gasteiger partial charge on any atom is -0.444 e. The van der Waals surface area contributed by atoms with Crippen molar-refractivity contribution in [2.24, 2.45) is 0 Å². The van der Waals surface area contributed by atoms with Crippen LogP contribution in [0.3, 0.4) is 0 Å². The number of carbonyl (C=O) groups excluding carboxylic acids is 1. The van der Waals surface area contributed by atoms with E-state index in [9.17, 15) is 4.79 Å². The molecule has 0 aliphatic rings. The molecule has 0 saturated carbocycles.